The molecule has 25 heavy (non-hydrogen) atoms. The van der Waals surface area contributed by atoms with Gasteiger partial charge in [0.05, 0.1) is 37.5 Å². The standard InChI is InChI=1S/C15H17ClN2O5S2/c1-22-9-3-4-10(12(5-9)23-2)18-11-7-25(20,21)8-13(11)24-15(18)17-14(19)6-16/h3-5,11,13H,6-8H2,1-2H3/t11-,13-/m1/s1. The van der Waals surface area contributed by atoms with E-state index in [2.05, 4.69) is 4.99 Å². The second kappa shape index (κ2) is 7.05. The minimum absolute atomic E-state index is 0.00787. The molecule has 0 N–H and O–H groups in total. The van der Waals surface area contributed by atoms with Gasteiger partial charge in [-0.05, 0) is 12.1 Å². The number of thioether (sulfide) groups is 1. The molecule has 2 heterocycles. The van der Waals surface area contributed by atoms with Gasteiger partial charge in [-0.15, -0.1) is 11.6 Å². The van der Waals surface area contributed by atoms with Crippen LogP contribution in [0, 0.1) is 0 Å². The molecule has 1 aromatic carbocycles. The van der Waals surface area contributed by atoms with E-state index in [0.717, 1.165) is 0 Å². The van der Waals surface area contributed by atoms with E-state index in [1.165, 1.54) is 18.9 Å². The average Bonchev–Trinajstić information content (AvgIpc) is 3.04. The van der Waals surface area contributed by atoms with Crippen molar-refractivity contribution in [1.29, 1.82) is 0 Å². The Balaban J connectivity index is 2.08. The molecule has 0 bridgehead atoms. The molecule has 0 aromatic heterocycles. The summed E-state index contributed by atoms with van der Waals surface area (Å²) in [7, 11) is -0.0640. The van der Waals surface area contributed by atoms with Gasteiger partial charge in [0, 0.05) is 11.3 Å². The Bertz CT molecular complexity index is 827. The van der Waals surface area contributed by atoms with Gasteiger partial charge in [-0.3, -0.25) is 4.79 Å². The van der Waals surface area contributed by atoms with Gasteiger partial charge in [0.15, 0.2) is 15.0 Å². The van der Waals surface area contributed by atoms with E-state index >= 15 is 0 Å². The van der Waals surface area contributed by atoms with Crippen LogP contribution in [0.25, 0.3) is 0 Å². The quantitative estimate of drug-likeness (QED) is 0.703. The van der Waals surface area contributed by atoms with Crippen molar-refractivity contribution >= 4 is 50.0 Å². The van der Waals surface area contributed by atoms with Crippen molar-refractivity contribution in [2.24, 2.45) is 4.99 Å². The van der Waals surface area contributed by atoms with E-state index < -0.39 is 15.7 Å². The van der Waals surface area contributed by atoms with Crippen LogP contribution in [0.4, 0.5) is 5.69 Å². The summed E-state index contributed by atoms with van der Waals surface area (Å²) in [6.07, 6.45) is 0. The van der Waals surface area contributed by atoms with Crippen LogP contribution in [0.2, 0.25) is 0 Å². The van der Waals surface area contributed by atoms with Crippen molar-refractivity contribution in [3.05, 3.63) is 18.2 Å². The van der Waals surface area contributed by atoms with Crippen molar-refractivity contribution in [3.8, 4) is 11.5 Å². The van der Waals surface area contributed by atoms with Crippen molar-refractivity contribution in [2.75, 3.05) is 36.5 Å². The van der Waals surface area contributed by atoms with Crippen LogP contribution in [0.5, 0.6) is 11.5 Å². The Morgan fingerprint density at radius 2 is 2.12 bits per heavy atom. The number of nitrogens with zero attached hydrogens (tertiary/aromatic N) is 2. The first kappa shape index (κ1) is 18.3. The Morgan fingerprint density at radius 1 is 1.36 bits per heavy atom. The van der Waals surface area contributed by atoms with Gasteiger partial charge in [-0.2, -0.15) is 4.99 Å². The van der Waals surface area contributed by atoms with Crippen LogP contribution in [0.15, 0.2) is 23.2 Å². The molecule has 136 valence electrons. The number of hydrogen-bond acceptors (Lipinski definition) is 6. The fraction of sp³-hybridized carbons (Fsp3) is 0.467. The van der Waals surface area contributed by atoms with Gasteiger partial charge in [0.25, 0.3) is 5.91 Å². The Labute approximate surface area is 155 Å². The molecule has 3 rings (SSSR count). The summed E-state index contributed by atoms with van der Waals surface area (Å²) in [4.78, 5) is 17.5. The first-order valence-corrected chi connectivity index (χ1v) is 10.7. The smallest absolute Gasteiger partial charge is 0.262 e. The summed E-state index contributed by atoms with van der Waals surface area (Å²) in [5, 5.41) is 0.262. The fourth-order valence-corrected chi connectivity index (χ4v) is 6.95. The number of halogens is 1. The lowest BCUT2D eigenvalue weighted by Gasteiger charge is -2.26. The Morgan fingerprint density at radius 3 is 2.76 bits per heavy atom. The number of ether oxygens (including phenoxy) is 2. The maximum absolute atomic E-state index is 12.0. The second-order valence-corrected chi connectivity index (χ2v) is 9.26. The lowest BCUT2D eigenvalue weighted by atomic mass is 10.2. The number of sulfone groups is 1. The largest absolute Gasteiger partial charge is 0.497 e. The van der Waals surface area contributed by atoms with Gasteiger partial charge in [-0.1, -0.05) is 11.8 Å². The SMILES string of the molecule is COc1ccc(N2C(=NC(=O)CCl)S[C@@H]3CS(=O)(=O)C[C@H]32)c(OC)c1. The second-order valence-electron chi connectivity index (χ2n) is 5.63. The molecule has 2 aliphatic heterocycles. The summed E-state index contributed by atoms with van der Waals surface area (Å²) in [6, 6.07) is 4.92. The number of amides is 1. The maximum Gasteiger partial charge on any atom is 0.262 e. The summed E-state index contributed by atoms with van der Waals surface area (Å²) < 4.78 is 34.7. The van der Waals surface area contributed by atoms with Crippen LogP contribution >= 0.6 is 23.4 Å². The Kier molecular flexibility index (Phi) is 5.17. The molecular formula is C15H17ClN2O5S2. The number of alkyl halides is 1. The number of hydrogen-bond donors (Lipinski definition) is 0. The summed E-state index contributed by atoms with van der Waals surface area (Å²) in [5.41, 5.74) is 0.640. The normalized spacial score (nSPS) is 25.9. The highest BCUT2D eigenvalue weighted by molar-refractivity contribution is 8.16. The third kappa shape index (κ3) is 3.58. The van der Waals surface area contributed by atoms with E-state index in [0.29, 0.717) is 22.4 Å². The molecule has 0 radical (unpaired) electrons. The highest BCUT2D eigenvalue weighted by Crippen LogP contribution is 2.44. The average molecular weight is 405 g/mol. The van der Waals surface area contributed by atoms with Crippen LogP contribution in [0.1, 0.15) is 0 Å². The molecular weight excluding hydrogens is 388 g/mol. The molecule has 7 nitrogen and oxygen atoms in total. The van der Waals surface area contributed by atoms with Crippen molar-refractivity contribution in [3.63, 3.8) is 0 Å². The topological polar surface area (TPSA) is 85.3 Å². The van der Waals surface area contributed by atoms with E-state index in [1.54, 1.807) is 30.2 Å². The zero-order valence-corrected chi connectivity index (χ0v) is 16.0. The maximum atomic E-state index is 12.0. The highest BCUT2D eigenvalue weighted by Gasteiger charge is 2.50. The lowest BCUT2D eigenvalue weighted by Crippen LogP contribution is -2.38. The third-order valence-corrected chi connectivity index (χ3v) is 7.49. The number of carbonyl (C=O) groups is 1. The number of aliphatic imine (C=N–C) groups is 1. The van der Waals surface area contributed by atoms with Gasteiger partial charge in [0.1, 0.15) is 17.4 Å². The highest BCUT2D eigenvalue weighted by atomic mass is 35.5. The van der Waals surface area contributed by atoms with Crippen molar-refractivity contribution in [1.82, 2.24) is 0 Å². The minimum Gasteiger partial charge on any atom is -0.497 e. The number of anilines is 1. The molecule has 1 amide bonds. The van der Waals surface area contributed by atoms with Crippen molar-refractivity contribution in [2.45, 2.75) is 11.3 Å². The van der Waals surface area contributed by atoms with Gasteiger partial charge >= 0.3 is 0 Å². The van der Waals surface area contributed by atoms with E-state index in [4.69, 9.17) is 21.1 Å². The molecule has 10 heteroatoms. The predicted octanol–water partition coefficient (Wildman–Crippen LogP) is 1.54. The van der Waals surface area contributed by atoms with Crippen LogP contribution in [0.3, 0.4) is 0 Å². The zero-order chi connectivity index (χ0) is 18.2. The van der Waals surface area contributed by atoms with Gasteiger partial charge < -0.3 is 14.4 Å². The van der Waals surface area contributed by atoms with E-state index in [1.807, 2.05) is 0 Å². The van der Waals surface area contributed by atoms with Crippen LogP contribution in [-0.4, -0.2) is 62.4 Å². The summed E-state index contributed by atoms with van der Waals surface area (Å²) in [6.45, 7) is 0. The third-order valence-electron chi connectivity index (χ3n) is 4.05. The monoisotopic (exact) mass is 404 g/mol. The lowest BCUT2D eigenvalue weighted by molar-refractivity contribution is -0.115. The predicted molar refractivity (Wildman–Crippen MR) is 99.0 cm³/mol. The molecule has 2 aliphatic rings. The molecule has 1 aromatic rings. The Hall–Kier alpha value is -1.45. The first-order valence-electron chi connectivity index (χ1n) is 7.44. The summed E-state index contributed by atoms with van der Waals surface area (Å²) >= 11 is 6.86. The van der Waals surface area contributed by atoms with Crippen LogP contribution < -0.4 is 14.4 Å². The molecule has 0 spiro atoms. The number of rotatable bonds is 4. The van der Waals surface area contributed by atoms with E-state index in [9.17, 15) is 13.2 Å². The molecule has 0 saturated carbocycles. The molecule has 0 aliphatic carbocycles. The molecule has 2 saturated heterocycles. The number of methoxy groups -OCH3 is 2. The molecule has 2 fully saturated rings. The molecule has 0 unspecified atom stereocenters. The first-order chi connectivity index (χ1) is 11.9. The number of carbonyl (C=O) groups excluding carboxylic acids is 1. The van der Waals surface area contributed by atoms with E-state index in [-0.39, 0.29) is 28.7 Å². The number of fused-ring (bicyclic) bond motifs is 1. The fourth-order valence-electron chi connectivity index (χ4n) is 2.97. The zero-order valence-electron chi connectivity index (χ0n) is 13.6. The number of amidine groups is 1. The number of benzene rings is 1. The summed E-state index contributed by atoms with van der Waals surface area (Å²) in [5.74, 6) is 0.490. The minimum atomic E-state index is -3.13. The van der Waals surface area contributed by atoms with Gasteiger partial charge in [-0.25, -0.2) is 8.42 Å². The van der Waals surface area contributed by atoms with Crippen LogP contribution in [-0.2, 0) is 14.6 Å². The van der Waals surface area contributed by atoms with Crippen molar-refractivity contribution < 1.29 is 22.7 Å². The molecule has 2 atom stereocenters. The van der Waals surface area contributed by atoms with Gasteiger partial charge in [0.2, 0.25) is 0 Å².